The standard InChI is InChI=1S/C10H14BF3OP/c1-16(2,15)10-6-4-3-5-9(10)7-8-11(12,13)14/h3-6H,7-8H2,1-2H3/q-1. The van der Waals surface area contributed by atoms with Crippen LogP contribution in [-0.4, -0.2) is 20.3 Å². The van der Waals surface area contributed by atoms with Crippen molar-refractivity contribution in [1.29, 1.82) is 0 Å². The summed E-state index contributed by atoms with van der Waals surface area (Å²) in [7, 11) is -2.50. The van der Waals surface area contributed by atoms with Crippen molar-refractivity contribution in [3.05, 3.63) is 29.8 Å². The lowest BCUT2D eigenvalue weighted by Gasteiger charge is -2.17. The topological polar surface area (TPSA) is 17.1 Å². The van der Waals surface area contributed by atoms with Gasteiger partial charge >= 0.3 is 6.98 Å². The maximum atomic E-state index is 12.2. The zero-order chi connectivity index (χ0) is 12.4. The van der Waals surface area contributed by atoms with Gasteiger partial charge in [0.2, 0.25) is 0 Å². The normalized spacial score (nSPS) is 12.8. The second-order valence-electron chi connectivity index (χ2n) is 4.23. The van der Waals surface area contributed by atoms with Gasteiger partial charge in [-0.05, 0) is 18.9 Å². The first-order valence-electron chi connectivity index (χ1n) is 5.04. The zero-order valence-corrected chi connectivity index (χ0v) is 10.2. The number of hydrogen-bond acceptors (Lipinski definition) is 1. The monoisotopic (exact) mass is 249 g/mol. The highest BCUT2D eigenvalue weighted by Crippen LogP contribution is 2.36. The highest BCUT2D eigenvalue weighted by atomic mass is 31.2. The van der Waals surface area contributed by atoms with E-state index in [9.17, 15) is 17.5 Å². The minimum Gasteiger partial charge on any atom is -0.449 e. The number of benzene rings is 1. The molecule has 0 fully saturated rings. The Bertz CT molecular complexity index is 411. The quantitative estimate of drug-likeness (QED) is 0.590. The third-order valence-electron chi connectivity index (χ3n) is 2.31. The van der Waals surface area contributed by atoms with Crippen LogP contribution in [0, 0.1) is 0 Å². The van der Waals surface area contributed by atoms with Gasteiger partial charge in [0.15, 0.2) is 0 Å². The molecule has 0 saturated heterocycles. The minimum absolute atomic E-state index is 0.0780. The Kier molecular flexibility index (Phi) is 3.90. The molecule has 0 spiro atoms. The Labute approximate surface area is 93.5 Å². The number of rotatable bonds is 4. The third kappa shape index (κ3) is 4.05. The Morgan fingerprint density at radius 3 is 2.25 bits per heavy atom. The predicted molar refractivity (Wildman–Crippen MR) is 63.1 cm³/mol. The van der Waals surface area contributed by atoms with Crippen LogP contribution < -0.4 is 5.30 Å². The van der Waals surface area contributed by atoms with Crippen LogP contribution in [0.3, 0.4) is 0 Å². The molecule has 0 aliphatic heterocycles. The first-order chi connectivity index (χ1) is 7.20. The Morgan fingerprint density at radius 2 is 1.75 bits per heavy atom. The minimum atomic E-state index is -4.77. The van der Waals surface area contributed by atoms with Crippen molar-refractivity contribution in [1.82, 2.24) is 0 Å². The highest BCUT2D eigenvalue weighted by molar-refractivity contribution is 7.70. The van der Waals surface area contributed by atoms with E-state index in [1.165, 1.54) is 0 Å². The van der Waals surface area contributed by atoms with Crippen molar-refractivity contribution >= 4 is 19.4 Å². The van der Waals surface area contributed by atoms with Crippen LogP contribution in [0.4, 0.5) is 12.9 Å². The third-order valence-corrected chi connectivity index (χ3v) is 3.91. The van der Waals surface area contributed by atoms with E-state index >= 15 is 0 Å². The van der Waals surface area contributed by atoms with Crippen LogP contribution >= 0.6 is 7.14 Å². The Morgan fingerprint density at radius 1 is 1.19 bits per heavy atom. The van der Waals surface area contributed by atoms with Gasteiger partial charge in [-0.3, -0.25) is 0 Å². The van der Waals surface area contributed by atoms with E-state index in [1.807, 2.05) is 0 Å². The van der Waals surface area contributed by atoms with Crippen molar-refractivity contribution in [2.75, 3.05) is 13.3 Å². The molecule has 0 bridgehead atoms. The lowest BCUT2D eigenvalue weighted by atomic mass is 9.82. The summed E-state index contributed by atoms with van der Waals surface area (Å²) in [5.41, 5.74) is 0.551. The highest BCUT2D eigenvalue weighted by Gasteiger charge is 2.23. The van der Waals surface area contributed by atoms with Crippen molar-refractivity contribution in [3.63, 3.8) is 0 Å². The molecule has 0 unspecified atom stereocenters. The van der Waals surface area contributed by atoms with Crippen LogP contribution in [0.2, 0.25) is 6.32 Å². The molecule has 0 aliphatic rings. The summed E-state index contributed by atoms with van der Waals surface area (Å²) in [6.45, 7) is -1.62. The molecule has 90 valence electrons. The molecule has 0 radical (unpaired) electrons. The molecule has 0 N–H and O–H groups in total. The van der Waals surface area contributed by atoms with E-state index in [0.29, 0.717) is 10.9 Å². The smallest absolute Gasteiger partial charge is 0.449 e. The van der Waals surface area contributed by atoms with Gasteiger partial charge in [0.1, 0.15) is 7.14 Å². The summed E-state index contributed by atoms with van der Waals surface area (Å²) in [5, 5.41) is 0.565. The summed E-state index contributed by atoms with van der Waals surface area (Å²) in [5.74, 6) is 0. The first kappa shape index (κ1) is 13.4. The van der Waals surface area contributed by atoms with E-state index in [0.717, 1.165) is 0 Å². The fourth-order valence-electron chi connectivity index (χ4n) is 1.57. The van der Waals surface area contributed by atoms with Gasteiger partial charge in [-0.1, -0.05) is 37.0 Å². The molecule has 1 aromatic rings. The molecular weight excluding hydrogens is 235 g/mol. The molecule has 16 heavy (non-hydrogen) atoms. The van der Waals surface area contributed by atoms with E-state index in [4.69, 9.17) is 0 Å². The molecule has 1 aromatic carbocycles. The molecule has 0 saturated carbocycles. The summed E-state index contributed by atoms with van der Waals surface area (Å²) in [4.78, 5) is 0. The number of aryl methyl sites for hydroxylation is 1. The van der Waals surface area contributed by atoms with Crippen LogP contribution in [-0.2, 0) is 11.0 Å². The molecule has 6 heteroatoms. The lowest BCUT2D eigenvalue weighted by Crippen LogP contribution is -2.18. The SMILES string of the molecule is CP(C)(=O)c1ccccc1CC[B-](F)(F)F. The summed E-state index contributed by atoms with van der Waals surface area (Å²) < 4.78 is 48.4. The Hall–Kier alpha value is -0.695. The number of hydrogen-bond donors (Lipinski definition) is 0. The van der Waals surface area contributed by atoms with E-state index in [-0.39, 0.29) is 6.42 Å². The largest absolute Gasteiger partial charge is 0.478 e. The number of halogens is 3. The maximum absolute atomic E-state index is 12.2. The second kappa shape index (κ2) is 4.66. The molecular formula is C10H14BF3OP-. The van der Waals surface area contributed by atoms with E-state index in [1.54, 1.807) is 37.6 Å². The molecule has 0 atom stereocenters. The second-order valence-corrected chi connectivity index (χ2v) is 7.41. The molecule has 0 heterocycles. The Balaban J connectivity index is 2.93. The summed E-state index contributed by atoms with van der Waals surface area (Å²) >= 11 is 0. The predicted octanol–water partition coefficient (Wildman–Crippen LogP) is 3.32. The molecule has 1 nitrogen and oxygen atoms in total. The van der Waals surface area contributed by atoms with Crippen molar-refractivity contribution in [3.8, 4) is 0 Å². The molecule has 0 aromatic heterocycles. The molecule has 1 rings (SSSR count). The van der Waals surface area contributed by atoms with Gasteiger partial charge < -0.3 is 17.5 Å². The fourth-order valence-corrected chi connectivity index (χ4v) is 2.89. The zero-order valence-electron chi connectivity index (χ0n) is 9.29. The van der Waals surface area contributed by atoms with Gasteiger partial charge in [-0.2, -0.15) is 0 Å². The van der Waals surface area contributed by atoms with Crippen molar-refractivity contribution in [2.45, 2.75) is 12.7 Å². The summed E-state index contributed by atoms with van der Waals surface area (Å²) in [6, 6.07) is 6.66. The van der Waals surface area contributed by atoms with Gasteiger partial charge in [-0.15, -0.1) is 0 Å². The molecule has 0 aliphatic carbocycles. The van der Waals surface area contributed by atoms with Gasteiger partial charge in [0, 0.05) is 5.30 Å². The van der Waals surface area contributed by atoms with Crippen molar-refractivity contribution in [2.24, 2.45) is 0 Å². The average molecular weight is 249 g/mol. The van der Waals surface area contributed by atoms with Crippen molar-refractivity contribution < 1.29 is 17.5 Å². The maximum Gasteiger partial charge on any atom is 0.478 e. The van der Waals surface area contributed by atoms with Gasteiger partial charge in [-0.25, -0.2) is 0 Å². The van der Waals surface area contributed by atoms with Crippen LogP contribution in [0.5, 0.6) is 0 Å². The van der Waals surface area contributed by atoms with Crippen LogP contribution in [0.15, 0.2) is 24.3 Å². The molecule has 0 amide bonds. The first-order valence-corrected chi connectivity index (χ1v) is 7.65. The summed E-state index contributed by atoms with van der Waals surface area (Å²) in [6.07, 6.45) is -0.887. The van der Waals surface area contributed by atoms with Crippen LogP contribution in [0.25, 0.3) is 0 Å². The van der Waals surface area contributed by atoms with E-state index < -0.39 is 20.4 Å². The fraction of sp³-hybridized carbons (Fsp3) is 0.400. The lowest BCUT2D eigenvalue weighted by molar-refractivity contribution is 0.468. The van der Waals surface area contributed by atoms with Gasteiger partial charge in [0.05, 0.1) is 0 Å². The van der Waals surface area contributed by atoms with Gasteiger partial charge in [0.25, 0.3) is 0 Å². The van der Waals surface area contributed by atoms with E-state index in [2.05, 4.69) is 0 Å². The average Bonchev–Trinajstić information content (AvgIpc) is 2.12. The van der Waals surface area contributed by atoms with Crippen LogP contribution in [0.1, 0.15) is 5.56 Å².